The van der Waals surface area contributed by atoms with Crippen LogP contribution in [0, 0.1) is 0 Å². The van der Waals surface area contributed by atoms with Gasteiger partial charge in [0.05, 0.1) is 11.8 Å². The van der Waals surface area contributed by atoms with Crippen LogP contribution in [0.25, 0.3) is 5.65 Å². The fourth-order valence-electron chi connectivity index (χ4n) is 4.62. The lowest BCUT2D eigenvalue weighted by molar-refractivity contribution is -0.117. The van der Waals surface area contributed by atoms with Gasteiger partial charge in [0.2, 0.25) is 0 Å². The summed E-state index contributed by atoms with van der Waals surface area (Å²) >= 11 is 0. The van der Waals surface area contributed by atoms with Crippen molar-refractivity contribution in [2.75, 3.05) is 20.1 Å². The fourth-order valence-corrected chi connectivity index (χ4v) is 4.62. The first-order chi connectivity index (χ1) is 13.6. The van der Waals surface area contributed by atoms with E-state index >= 15 is 0 Å². The largest absolute Gasteiger partial charge is 0.465 e. The molecule has 9 heteroatoms. The van der Waals surface area contributed by atoms with E-state index in [9.17, 15) is 4.79 Å². The molecule has 9 nitrogen and oxygen atoms in total. The van der Waals surface area contributed by atoms with Crippen molar-refractivity contribution in [2.45, 2.75) is 36.8 Å². The predicted molar refractivity (Wildman–Crippen MR) is 98.6 cm³/mol. The first-order valence-electron chi connectivity index (χ1n) is 9.46. The summed E-state index contributed by atoms with van der Waals surface area (Å²) in [4.78, 5) is 23.4. The van der Waals surface area contributed by atoms with E-state index in [0.717, 1.165) is 31.5 Å². The van der Waals surface area contributed by atoms with Crippen molar-refractivity contribution in [3.8, 4) is 0 Å². The Morgan fingerprint density at radius 2 is 2.18 bits per heavy atom. The van der Waals surface area contributed by atoms with Gasteiger partial charge in [0, 0.05) is 31.6 Å². The standard InChI is InChI=1S/C19H22N6O3/c1-24-17(26)28-19(15-3-2-8-27-15,11-18(24)4-6-20-7-5-18)9-14-10-21-13-25-16(14)22-12-23-25/h2-3,8,10,12-13,20H,4-7,9,11H2,1H3. The number of piperidine rings is 1. The third-order valence-corrected chi connectivity index (χ3v) is 6.13. The molecule has 2 aliphatic heterocycles. The maximum Gasteiger partial charge on any atom is 0.410 e. The van der Waals surface area contributed by atoms with Gasteiger partial charge in [0.15, 0.2) is 11.2 Å². The number of hydrogen-bond acceptors (Lipinski definition) is 7. The van der Waals surface area contributed by atoms with E-state index in [1.54, 1.807) is 28.2 Å². The Hall–Kier alpha value is -2.94. The molecule has 2 saturated heterocycles. The van der Waals surface area contributed by atoms with Gasteiger partial charge in [-0.05, 0) is 38.1 Å². The van der Waals surface area contributed by atoms with Gasteiger partial charge in [-0.2, -0.15) is 5.10 Å². The molecule has 28 heavy (non-hydrogen) atoms. The molecule has 146 valence electrons. The van der Waals surface area contributed by atoms with E-state index in [1.165, 1.54) is 6.33 Å². The van der Waals surface area contributed by atoms with Gasteiger partial charge in [-0.15, -0.1) is 0 Å². The summed E-state index contributed by atoms with van der Waals surface area (Å²) in [5.41, 5.74) is 0.368. The highest BCUT2D eigenvalue weighted by atomic mass is 16.6. The van der Waals surface area contributed by atoms with Crippen molar-refractivity contribution in [1.82, 2.24) is 29.8 Å². The number of carbonyl (C=O) groups is 1. The zero-order valence-corrected chi connectivity index (χ0v) is 15.7. The maximum atomic E-state index is 13.0. The number of fused-ring (bicyclic) bond motifs is 1. The summed E-state index contributed by atoms with van der Waals surface area (Å²) in [5.74, 6) is 0.647. The minimum Gasteiger partial charge on any atom is -0.465 e. The Balaban J connectivity index is 1.62. The number of ether oxygens (including phenoxy) is 1. The molecular formula is C19H22N6O3. The van der Waals surface area contributed by atoms with Crippen molar-refractivity contribution in [2.24, 2.45) is 0 Å². The van der Waals surface area contributed by atoms with Crippen LogP contribution in [0.4, 0.5) is 4.79 Å². The number of carbonyl (C=O) groups excluding carboxylic acids is 1. The topological polar surface area (TPSA) is 97.8 Å². The van der Waals surface area contributed by atoms with Gasteiger partial charge in [0.25, 0.3) is 0 Å². The predicted octanol–water partition coefficient (Wildman–Crippen LogP) is 1.75. The molecule has 1 unspecified atom stereocenters. The van der Waals surface area contributed by atoms with Gasteiger partial charge in [-0.25, -0.2) is 19.3 Å². The maximum absolute atomic E-state index is 13.0. The van der Waals surface area contributed by atoms with Gasteiger partial charge < -0.3 is 19.4 Å². The number of hydrogen-bond donors (Lipinski definition) is 1. The third-order valence-electron chi connectivity index (χ3n) is 6.13. The van der Waals surface area contributed by atoms with Crippen molar-refractivity contribution in [3.05, 3.63) is 48.6 Å². The first-order valence-corrected chi connectivity index (χ1v) is 9.46. The van der Waals surface area contributed by atoms with E-state index in [0.29, 0.717) is 24.2 Å². The van der Waals surface area contributed by atoms with Crippen LogP contribution in [-0.2, 0) is 16.8 Å². The number of amides is 1. The van der Waals surface area contributed by atoms with Crippen LogP contribution in [0.3, 0.4) is 0 Å². The van der Waals surface area contributed by atoms with E-state index in [2.05, 4.69) is 20.4 Å². The highest BCUT2D eigenvalue weighted by molar-refractivity contribution is 5.70. The zero-order chi connectivity index (χ0) is 19.2. The molecule has 3 aromatic heterocycles. The lowest BCUT2D eigenvalue weighted by Crippen LogP contribution is -2.63. The highest BCUT2D eigenvalue weighted by Crippen LogP contribution is 2.47. The molecule has 2 fully saturated rings. The van der Waals surface area contributed by atoms with E-state index in [-0.39, 0.29) is 11.6 Å². The van der Waals surface area contributed by atoms with Crippen LogP contribution in [0.15, 0.2) is 41.7 Å². The molecule has 2 aliphatic rings. The number of nitrogens with zero attached hydrogens (tertiary/aromatic N) is 5. The number of nitrogens with one attached hydrogen (secondary N) is 1. The second-order valence-corrected chi connectivity index (χ2v) is 7.67. The van der Waals surface area contributed by atoms with Crippen molar-refractivity contribution < 1.29 is 13.9 Å². The Morgan fingerprint density at radius 1 is 1.32 bits per heavy atom. The molecule has 0 bridgehead atoms. The average molecular weight is 382 g/mol. The summed E-state index contributed by atoms with van der Waals surface area (Å²) in [6.45, 7) is 1.74. The Labute approximate surface area is 161 Å². The van der Waals surface area contributed by atoms with E-state index in [4.69, 9.17) is 9.15 Å². The Kier molecular flexibility index (Phi) is 3.87. The second kappa shape index (κ2) is 6.30. The monoisotopic (exact) mass is 382 g/mol. The van der Waals surface area contributed by atoms with Gasteiger partial charge >= 0.3 is 6.09 Å². The minimum absolute atomic E-state index is 0.278. The van der Waals surface area contributed by atoms with Crippen molar-refractivity contribution >= 4 is 11.7 Å². The van der Waals surface area contributed by atoms with Crippen LogP contribution < -0.4 is 5.32 Å². The van der Waals surface area contributed by atoms with Crippen molar-refractivity contribution in [3.63, 3.8) is 0 Å². The van der Waals surface area contributed by atoms with Crippen LogP contribution in [0.2, 0.25) is 0 Å². The normalized spacial score (nSPS) is 24.6. The lowest BCUT2D eigenvalue weighted by atomic mass is 9.73. The molecule has 5 heterocycles. The molecule has 3 aromatic rings. The third kappa shape index (κ3) is 2.57. The molecule has 5 rings (SSSR count). The number of rotatable bonds is 3. The van der Waals surface area contributed by atoms with Gasteiger partial charge in [-0.1, -0.05) is 0 Å². The second-order valence-electron chi connectivity index (χ2n) is 7.67. The van der Waals surface area contributed by atoms with Crippen LogP contribution >= 0.6 is 0 Å². The molecule has 0 aromatic carbocycles. The van der Waals surface area contributed by atoms with Crippen molar-refractivity contribution in [1.29, 1.82) is 0 Å². The highest BCUT2D eigenvalue weighted by Gasteiger charge is 2.55. The summed E-state index contributed by atoms with van der Waals surface area (Å²) in [7, 11) is 1.83. The van der Waals surface area contributed by atoms with E-state index < -0.39 is 5.60 Å². The quantitative estimate of drug-likeness (QED) is 0.737. The number of aromatic nitrogens is 4. The minimum atomic E-state index is -0.917. The Morgan fingerprint density at radius 3 is 2.96 bits per heavy atom. The fraction of sp³-hybridized carbons (Fsp3) is 0.474. The first kappa shape index (κ1) is 17.2. The molecule has 0 radical (unpaired) electrons. The van der Waals surface area contributed by atoms with Crippen LogP contribution in [-0.4, -0.2) is 56.3 Å². The number of furan rings is 1. The lowest BCUT2D eigenvalue weighted by Gasteiger charge is -2.53. The van der Waals surface area contributed by atoms with Crippen LogP contribution in [0.5, 0.6) is 0 Å². The molecule has 1 spiro atoms. The molecule has 1 N–H and O–H groups in total. The average Bonchev–Trinajstić information content (AvgIpc) is 3.39. The Bertz CT molecular complexity index is 994. The number of cyclic esters (lactones) is 1. The summed E-state index contributed by atoms with van der Waals surface area (Å²) in [6.07, 6.45) is 8.96. The van der Waals surface area contributed by atoms with Crippen LogP contribution in [0.1, 0.15) is 30.6 Å². The molecule has 0 aliphatic carbocycles. The van der Waals surface area contributed by atoms with Gasteiger partial charge in [-0.3, -0.25) is 0 Å². The SMILES string of the molecule is CN1C(=O)OC(Cc2cncn3ncnc23)(c2ccco2)CC12CCNCC2. The molecule has 1 atom stereocenters. The molecule has 0 saturated carbocycles. The molecular weight excluding hydrogens is 360 g/mol. The zero-order valence-electron chi connectivity index (χ0n) is 15.7. The van der Waals surface area contributed by atoms with E-state index in [1.807, 2.05) is 19.2 Å². The van der Waals surface area contributed by atoms with Gasteiger partial charge in [0.1, 0.15) is 18.4 Å². The molecule has 1 amide bonds. The summed E-state index contributed by atoms with van der Waals surface area (Å²) in [5, 5.41) is 7.55. The summed E-state index contributed by atoms with van der Waals surface area (Å²) < 4.78 is 13.5. The smallest absolute Gasteiger partial charge is 0.410 e. The summed E-state index contributed by atoms with van der Waals surface area (Å²) in [6, 6.07) is 3.71.